The molecule has 0 saturated heterocycles. The van der Waals surface area contributed by atoms with Crippen molar-refractivity contribution >= 4 is 0 Å². The van der Waals surface area contributed by atoms with E-state index < -0.39 is 0 Å². The first-order chi connectivity index (χ1) is 16.9. The predicted molar refractivity (Wildman–Crippen MR) is 171 cm³/mol. The number of aryl methyl sites for hydroxylation is 1. The Balaban J connectivity index is -0.0000000379. The SMILES string of the molecule is CC.CC.CC.CC.CC.CC.CC.CC.CC.CC.CCn1cncc1Cc1ccccc1. The van der Waals surface area contributed by atoms with Crippen LogP contribution in [0.15, 0.2) is 42.9 Å². The molecule has 2 aromatic rings. The highest BCUT2D eigenvalue weighted by molar-refractivity contribution is 5.20. The first-order valence-electron chi connectivity index (χ1n) is 14.9. The van der Waals surface area contributed by atoms with Gasteiger partial charge in [-0.05, 0) is 12.5 Å². The normalized spacial score (nSPS) is 6.03. The Morgan fingerprint density at radius 2 is 0.853 bits per heavy atom. The molecule has 0 atom stereocenters. The highest BCUT2D eigenvalue weighted by Crippen LogP contribution is 2.08. The fourth-order valence-corrected chi connectivity index (χ4v) is 1.59. The highest BCUT2D eigenvalue weighted by Gasteiger charge is 2.00. The van der Waals surface area contributed by atoms with Crippen molar-refractivity contribution < 1.29 is 0 Å². The van der Waals surface area contributed by atoms with Gasteiger partial charge >= 0.3 is 0 Å². The zero-order valence-corrected chi connectivity index (χ0v) is 28.4. The summed E-state index contributed by atoms with van der Waals surface area (Å²) in [4.78, 5) is 4.15. The van der Waals surface area contributed by atoms with Gasteiger partial charge in [-0.15, -0.1) is 0 Å². The number of aromatic nitrogens is 2. The molecule has 0 aliphatic carbocycles. The smallest absolute Gasteiger partial charge is 0.0948 e. The minimum absolute atomic E-state index is 0.967. The summed E-state index contributed by atoms with van der Waals surface area (Å²) in [6.07, 6.45) is 4.80. The zero-order chi connectivity index (χ0) is 29.8. The van der Waals surface area contributed by atoms with Crippen LogP contribution in [0.5, 0.6) is 0 Å². The number of rotatable bonds is 3. The molecule has 1 aromatic heterocycles. The van der Waals surface area contributed by atoms with E-state index >= 15 is 0 Å². The third-order valence-corrected chi connectivity index (χ3v) is 2.37. The summed E-state index contributed by atoms with van der Waals surface area (Å²) in [5, 5.41) is 0. The van der Waals surface area contributed by atoms with E-state index in [1.807, 2.05) is 157 Å². The minimum atomic E-state index is 0.967. The summed E-state index contributed by atoms with van der Waals surface area (Å²) < 4.78 is 2.17. The Morgan fingerprint density at radius 3 is 1.15 bits per heavy atom. The van der Waals surface area contributed by atoms with E-state index in [9.17, 15) is 0 Å². The molecule has 0 spiro atoms. The third-order valence-electron chi connectivity index (χ3n) is 2.37. The number of benzene rings is 1. The van der Waals surface area contributed by atoms with Gasteiger partial charge in [-0.25, -0.2) is 4.98 Å². The molecule has 34 heavy (non-hydrogen) atoms. The summed E-state index contributed by atoms with van der Waals surface area (Å²) >= 11 is 0. The van der Waals surface area contributed by atoms with E-state index in [4.69, 9.17) is 0 Å². The average molecular weight is 487 g/mol. The summed E-state index contributed by atoms with van der Waals surface area (Å²) in [5.41, 5.74) is 2.61. The first-order valence-corrected chi connectivity index (χ1v) is 14.9. The minimum Gasteiger partial charge on any atom is -0.335 e. The van der Waals surface area contributed by atoms with Crippen molar-refractivity contribution in [2.24, 2.45) is 0 Å². The van der Waals surface area contributed by atoms with Gasteiger partial charge in [0.1, 0.15) is 0 Å². The maximum absolute atomic E-state index is 4.15. The Kier molecular flexibility index (Phi) is 164. The van der Waals surface area contributed by atoms with Crippen molar-refractivity contribution in [2.75, 3.05) is 0 Å². The van der Waals surface area contributed by atoms with Gasteiger partial charge < -0.3 is 4.57 Å². The number of hydrogen-bond acceptors (Lipinski definition) is 1. The van der Waals surface area contributed by atoms with Gasteiger partial charge in [-0.3, -0.25) is 0 Å². The molecule has 1 heterocycles. The van der Waals surface area contributed by atoms with E-state index in [2.05, 4.69) is 40.7 Å². The van der Waals surface area contributed by atoms with Crippen molar-refractivity contribution in [3.63, 3.8) is 0 Å². The molecule has 0 unspecified atom stereocenters. The molecule has 0 aliphatic rings. The summed E-state index contributed by atoms with van der Waals surface area (Å²) in [6, 6.07) is 10.5. The molecule has 0 radical (unpaired) electrons. The van der Waals surface area contributed by atoms with Crippen LogP contribution in [0.1, 0.15) is 157 Å². The molecule has 2 rings (SSSR count). The van der Waals surface area contributed by atoms with Crippen LogP contribution < -0.4 is 0 Å². The number of hydrogen-bond donors (Lipinski definition) is 0. The van der Waals surface area contributed by atoms with Gasteiger partial charge in [-0.2, -0.15) is 0 Å². The quantitative estimate of drug-likeness (QED) is 0.421. The van der Waals surface area contributed by atoms with Crippen LogP contribution in [-0.2, 0) is 13.0 Å². The maximum Gasteiger partial charge on any atom is 0.0948 e. The Hall–Kier alpha value is -1.57. The van der Waals surface area contributed by atoms with Gasteiger partial charge in [0.15, 0.2) is 0 Å². The second-order valence-corrected chi connectivity index (χ2v) is 3.33. The summed E-state index contributed by atoms with van der Waals surface area (Å²) in [7, 11) is 0. The molecule has 0 bridgehead atoms. The van der Waals surface area contributed by atoms with Crippen molar-refractivity contribution in [1.82, 2.24) is 9.55 Å². The molecule has 1 aromatic carbocycles. The second-order valence-electron chi connectivity index (χ2n) is 3.33. The monoisotopic (exact) mass is 487 g/mol. The summed E-state index contributed by atoms with van der Waals surface area (Å²) in [6.45, 7) is 43.1. The molecule has 0 N–H and O–H groups in total. The Bertz CT molecular complexity index is 392. The topological polar surface area (TPSA) is 17.8 Å². The van der Waals surface area contributed by atoms with E-state index in [-0.39, 0.29) is 0 Å². The van der Waals surface area contributed by atoms with Crippen molar-refractivity contribution in [3.8, 4) is 0 Å². The molecule has 0 saturated carbocycles. The number of nitrogens with zero attached hydrogens (tertiary/aromatic N) is 2. The lowest BCUT2D eigenvalue weighted by Crippen LogP contribution is -1.99. The van der Waals surface area contributed by atoms with E-state index in [1.165, 1.54) is 11.3 Å². The average Bonchev–Trinajstić information content (AvgIpc) is 3.47. The molecule has 2 nitrogen and oxygen atoms in total. The predicted octanol–water partition coefficient (Wildman–Crippen LogP) is 12.8. The third kappa shape index (κ3) is 52.4. The fraction of sp³-hybridized carbons (Fsp3) is 0.719. The van der Waals surface area contributed by atoms with E-state index in [1.54, 1.807) is 0 Å². The van der Waals surface area contributed by atoms with Crippen molar-refractivity contribution in [1.29, 1.82) is 0 Å². The van der Waals surface area contributed by atoms with Crippen molar-refractivity contribution in [3.05, 3.63) is 54.1 Å². The fourth-order valence-electron chi connectivity index (χ4n) is 1.59. The number of imidazole rings is 1. The lowest BCUT2D eigenvalue weighted by atomic mass is 10.1. The van der Waals surface area contributed by atoms with Gasteiger partial charge in [0.2, 0.25) is 0 Å². The van der Waals surface area contributed by atoms with Crippen LogP contribution in [0, 0.1) is 0 Å². The summed E-state index contributed by atoms with van der Waals surface area (Å²) in [5.74, 6) is 0. The maximum atomic E-state index is 4.15. The zero-order valence-electron chi connectivity index (χ0n) is 28.4. The molecule has 212 valence electrons. The van der Waals surface area contributed by atoms with Crippen LogP contribution in [0.3, 0.4) is 0 Å². The van der Waals surface area contributed by atoms with Crippen LogP contribution in [0.2, 0.25) is 0 Å². The highest BCUT2D eigenvalue weighted by atomic mass is 15.0. The van der Waals surface area contributed by atoms with Crippen LogP contribution in [0.4, 0.5) is 0 Å². The molecular weight excluding hydrogens is 412 g/mol. The van der Waals surface area contributed by atoms with Gasteiger partial charge in [-0.1, -0.05) is 169 Å². The lowest BCUT2D eigenvalue weighted by Gasteiger charge is -2.04. The lowest BCUT2D eigenvalue weighted by molar-refractivity contribution is 0.723. The van der Waals surface area contributed by atoms with Gasteiger partial charge in [0.05, 0.1) is 6.33 Å². The second kappa shape index (κ2) is 95.8. The molecule has 0 fully saturated rings. The van der Waals surface area contributed by atoms with Crippen LogP contribution in [-0.4, -0.2) is 9.55 Å². The Morgan fingerprint density at radius 1 is 0.529 bits per heavy atom. The molecule has 0 aliphatic heterocycles. The molecular formula is C32H74N2. The van der Waals surface area contributed by atoms with E-state index in [0.717, 1.165) is 13.0 Å². The van der Waals surface area contributed by atoms with Crippen LogP contribution >= 0.6 is 0 Å². The standard InChI is InChI=1S/C12H14N2.10C2H6/c1-2-14-10-13-9-12(14)8-11-6-4-3-5-7-11;10*1-2/h3-7,9-10H,2,8H2,1H3;10*1-2H3. The van der Waals surface area contributed by atoms with E-state index in [0.29, 0.717) is 0 Å². The van der Waals surface area contributed by atoms with Crippen molar-refractivity contribution in [2.45, 2.75) is 158 Å². The van der Waals surface area contributed by atoms with Crippen LogP contribution in [0.25, 0.3) is 0 Å². The van der Waals surface area contributed by atoms with Gasteiger partial charge in [0, 0.05) is 24.9 Å². The Labute approximate surface area is 222 Å². The largest absolute Gasteiger partial charge is 0.335 e. The first kappa shape index (κ1) is 58.4. The van der Waals surface area contributed by atoms with Gasteiger partial charge in [0.25, 0.3) is 0 Å². The molecule has 2 heteroatoms. The molecule has 0 amide bonds.